The SMILES string of the molecule is C[O].[CH2]C.[CH3]. The molecule has 0 aliphatic heterocycles. The average Bonchev–Trinajstić information content (AvgIpc) is 1.50. The Balaban J connectivity index is -0.0000000133. The highest BCUT2D eigenvalue weighted by atomic mass is 16.2. The summed E-state index contributed by atoms with van der Waals surface area (Å²) in [6.45, 7) is 5.00. The van der Waals surface area contributed by atoms with E-state index < -0.39 is 0 Å². The fourth-order valence-electron chi connectivity index (χ4n) is 0. The Labute approximate surface area is 34.6 Å². The second-order valence-corrected chi connectivity index (χ2v) is 0. The van der Waals surface area contributed by atoms with Crippen molar-refractivity contribution in [3.63, 3.8) is 0 Å². The van der Waals surface area contributed by atoms with Gasteiger partial charge in [0.1, 0.15) is 0 Å². The van der Waals surface area contributed by atoms with Crippen LogP contribution in [0.4, 0.5) is 0 Å². The molecule has 0 bridgehead atoms. The molecular formula is C4H11O. The molecule has 0 aliphatic rings. The Morgan fingerprint density at radius 3 is 1.20 bits per heavy atom. The largest absolute Gasteiger partial charge is 0.240 e. The summed E-state index contributed by atoms with van der Waals surface area (Å²) >= 11 is 0. The molecule has 3 radical (unpaired) electrons. The van der Waals surface area contributed by atoms with Gasteiger partial charge in [0.15, 0.2) is 0 Å². The second kappa shape index (κ2) is 21700. The molecule has 0 spiro atoms. The third-order valence-electron chi connectivity index (χ3n) is 0. The molecule has 5 heavy (non-hydrogen) atoms. The van der Waals surface area contributed by atoms with Crippen LogP contribution < -0.4 is 0 Å². The molecule has 0 N–H and O–H groups in total. The van der Waals surface area contributed by atoms with Gasteiger partial charge in [-0.15, -0.1) is 0 Å². The van der Waals surface area contributed by atoms with Gasteiger partial charge < -0.3 is 0 Å². The number of rotatable bonds is 0. The molecule has 0 amide bonds. The molecule has 1 nitrogen and oxygen atoms in total. The minimum atomic E-state index is 0. The van der Waals surface area contributed by atoms with Crippen LogP contribution in [0.15, 0.2) is 0 Å². The lowest BCUT2D eigenvalue weighted by Gasteiger charge is -1.10. The number of hydrogen-bond donors (Lipinski definition) is 0. The predicted octanol–water partition coefficient (Wildman–Crippen LogP) is 1.34. The van der Waals surface area contributed by atoms with E-state index in [1.807, 2.05) is 0 Å². The lowest BCUT2D eigenvalue weighted by Crippen LogP contribution is -1.16. The maximum atomic E-state index is 8.25. The Morgan fingerprint density at radius 1 is 1.20 bits per heavy atom. The summed E-state index contributed by atoms with van der Waals surface area (Å²) in [5.41, 5.74) is 0. The third-order valence-corrected chi connectivity index (χ3v) is 0. The van der Waals surface area contributed by atoms with Gasteiger partial charge in [0, 0.05) is 0 Å². The Kier molecular flexibility index (Phi) is 87800. The molecule has 0 heterocycles. The molecule has 33 valence electrons. The summed E-state index contributed by atoms with van der Waals surface area (Å²) in [6.07, 6.45) is 0. The van der Waals surface area contributed by atoms with Gasteiger partial charge in [0.25, 0.3) is 0 Å². The first-order valence-corrected chi connectivity index (χ1v) is 1.12. The van der Waals surface area contributed by atoms with E-state index in [1.54, 1.807) is 6.92 Å². The van der Waals surface area contributed by atoms with Gasteiger partial charge in [0.05, 0.1) is 7.11 Å². The topological polar surface area (TPSA) is 19.9 Å². The maximum Gasteiger partial charge on any atom is 0.0712 e. The molecule has 0 atom stereocenters. The van der Waals surface area contributed by atoms with Crippen molar-refractivity contribution in [3.8, 4) is 0 Å². The molecule has 0 aliphatic carbocycles. The number of hydrogen-bond acceptors (Lipinski definition) is 0. The van der Waals surface area contributed by atoms with Crippen LogP contribution in [-0.4, -0.2) is 7.11 Å². The first kappa shape index (κ1) is 20.2. The quantitative estimate of drug-likeness (QED) is 0.414. The third kappa shape index (κ3) is 9510. The monoisotopic (exact) mass is 75.1 g/mol. The lowest BCUT2D eigenvalue weighted by atomic mass is 11.0. The summed E-state index contributed by atoms with van der Waals surface area (Å²) in [7, 11) is 0.750. The summed E-state index contributed by atoms with van der Waals surface area (Å²) in [5, 5.41) is 8.25. The van der Waals surface area contributed by atoms with E-state index in [1.165, 1.54) is 0 Å². The van der Waals surface area contributed by atoms with E-state index in [4.69, 9.17) is 5.11 Å². The van der Waals surface area contributed by atoms with Gasteiger partial charge >= 0.3 is 0 Å². The molecule has 0 rings (SSSR count). The molecule has 0 saturated heterocycles. The lowest BCUT2D eigenvalue weighted by molar-refractivity contribution is 0.282. The first-order chi connectivity index (χ1) is 2.00. The van der Waals surface area contributed by atoms with E-state index >= 15 is 0 Å². The van der Waals surface area contributed by atoms with Crippen molar-refractivity contribution < 1.29 is 5.11 Å². The zero-order chi connectivity index (χ0) is 4.00. The highest BCUT2D eigenvalue weighted by Crippen LogP contribution is 1.11. The van der Waals surface area contributed by atoms with Crippen LogP contribution in [0.5, 0.6) is 0 Å². The summed E-state index contributed by atoms with van der Waals surface area (Å²) < 4.78 is 0. The summed E-state index contributed by atoms with van der Waals surface area (Å²) in [5.74, 6) is 0. The van der Waals surface area contributed by atoms with E-state index in [0.717, 1.165) is 7.11 Å². The Morgan fingerprint density at radius 2 is 1.20 bits per heavy atom. The normalized spacial score (nSPS) is 2.40. The van der Waals surface area contributed by atoms with Crippen molar-refractivity contribution in [2.75, 3.05) is 7.11 Å². The molecule has 0 aromatic carbocycles. The van der Waals surface area contributed by atoms with Crippen molar-refractivity contribution in [2.24, 2.45) is 0 Å². The molecule has 0 aromatic heterocycles. The van der Waals surface area contributed by atoms with E-state index in [0.29, 0.717) is 0 Å². The van der Waals surface area contributed by atoms with Crippen molar-refractivity contribution >= 4 is 0 Å². The van der Waals surface area contributed by atoms with Crippen molar-refractivity contribution in [2.45, 2.75) is 6.92 Å². The fraction of sp³-hybridized carbons (Fsp3) is 0.500. The molecular weight excluding hydrogens is 64.0 g/mol. The zero-order valence-corrected chi connectivity index (χ0v) is 4.12. The van der Waals surface area contributed by atoms with Crippen LogP contribution in [-0.2, 0) is 5.11 Å². The van der Waals surface area contributed by atoms with E-state index in [2.05, 4.69) is 6.92 Å². The molecule has 0 unspecified atom stereocenters. The van der Waals surface area contributed by atoms with Gasteiger partial charge in [-0.3, -0.25) is 0 Å². The van der Waals surface area contributed by atoms with Crippen molar-refractivity contribution in [3.05, 3.63) is 14.4 Å². The second-order valence-electron chi connectivity index (χ2n) is 0. The molecule has 0 saturated carbocycles. The maximum absolute atomic E-state index is 8.25. The van der Waals surface area contributed by atoms with Crippen LogP contribution in [0.3, 0.4) is 0 Å². The molecule has 1 heteroatoms. The van der Waals surface area contributed by atoms with E-state index in [-0.39, 0.29) is 7.43 Å². The first-order valence-electron chi connectivity index (χ1n) is 1.12. The molecule has 0 aromatic rings. The van der Waals surface area contributed by atoms with Gasteiger partial charge in [-0.05, 0) is 0 Å². The van der Waals surface area contributed by atoms with Crippen LogP contribution in [0.25, 0.3) is 0 Å². The van der Waals surface area contributed by atoms with E-state index in [9.17, 15) is 0 Å². The van der Waals surface area contributed by atoms with Crippen LogP contribution in [0.2, 0.25) is 0 Å². The summed E-state index contributed by atoms with van der Waals surface area (Å²) in [4.78, 5) is 0. The van der Waals surface area contributed by atoms with Gasteiger partial charge in [-0.1, -0.05) is 21.3 Å². The van der Waals surface area contributed by atoms with Gasteiger partial charge in [0.2, 0.25) is 0 Å². The highest BCUT2D eigenvalue weighted by molar-refractivity contribution is 3.94. The summed E-state index contributed by atoms with van der Waals surface area (Å²) in [6, 6.07) is 0. The Hall–Kier alpha value is -0.0400. The smallest absolute Gasteiger partial charge is 0.0712 e. The highest BCUT2D eigenvalue weighted by Gasteiger charge is 0.939. The fourth-order valence-corrected chi connectivity index (χ4v) is 0. The zero-order valence-electron chi connectivity index (χ0n) is 4.12. The minimum Gasteiger partial charge on any atom is -0.240 e. The standard InChI is InChI=1S/C2H5.CH3O.CH3/c2*1-2;/h1H2,2H3;1H3;1H3. The van der Waals surface area contributed by atoms with Crippen LogP contribution in [0.1, 0.15) is 6.92 Å². The minimum absolute atomic E-state index is 0. The Bertz CT molecular complexity index is 3.61. The molecule has 0 fully saturated rings. The van der Waals surface area contributed by atoms with Gasteiger partial charge in [-0.25, -0.2) is 5.11 Å². The van der Waals surface area contributed by atoms with Crippen LogP contribution in [0, 0.1) is 14.4 Å². The van der Waals surface area contributed by atoms with Gasteiger partial charge in [-0.2, -0.15) is 0 Å². The van der Waals surface area contributed by atoms with Crippen molar-refractivity contribution in [1.29, 1.82) is 0 Å². The van der Waals surface area contributed by atoms with Crippen molar-refractivity contribution in [1.82, 2.24) is 0 Å². The average molecular weight is 75.1 g/mol. The predicted molar refractivity (Wildman–Crippen MR) is 24.1 cm³/mol. The van der Waals surface area contributed by atoms with Crippen LogP contribution >= 0.6 is 0 Å².